The van der Waals surface area contributed by atoms with Gasteiger partial charge in [-0.2, -0.15) is 0 Å². The molecule has 1 fully saturated rings. The van der Waals surface area contributed by atoms with Crippen LogP contribution in [0.4, 0.5) is 10.1 Å². The molecule has 0 N–H and O–H groups in total. The number of aromatic nitrogens is 5. The number of thioether (sulfide) groups is 1. The molecule has 2 aromatic carbocycles. The van der Waals surface area contributed by atoms with E-state index >= 15 is 0 Å². The second-order valence-electron chi connectivity index (χ2n) is 8.90. The maximum Gasteiger partial charge on any atom is 0.276 e. The summed E-state index contributed by atoms with van der Waals surface area (Å²) in [6.45, 7) is 6.07. The first kappa shape index (κ1) is 26.4. The van der Waals surface area contributed by atoms with Gasteiger partial charge in [-0.3, -0.25) is 4.79 Å². The summed E-state index contributed by atoms with van der Waals surface area (Å²) in [5.74, 6) is -0.125. The van der Waals surface area contributed by atoms with E-state index in [-0.39, 0.29) is 17.4 Å². The van der Waals surface area contributed by atoms with Crippen molar-refractivity contribution in [3.8, 4) is 5.69 Å². The summed E-state index contributed by atoms with van der Waals surface area (Å²) in [5, 5.41) is 10.1. The normalized spacial score (nSPS) is 13.7. The van der Waals surface area contributed by atoms with E-state index < -0.39 is 0 Å². The number of amides is 1. The highest BCUT2D eigenvalue weighted by atomic mass is 35.5. The second-order valence-corrected chi connectivity index (χ2v) is 10.7. The molecule has 196 valence electrons. The van der Waals surface area contributed by atoms with Crippen LogP contribution in [0.1, 0.15) is 27.6 Å². The van der Waals surface area contributed by atoms with Crippen molar-refractivity contribution < 1.29 is 9.18 Å². The van der Waals surface area contributed by atoms with Gasteiger partial charge in [0.2, 0.25) is 0 Å². The number of hydrogen-bond acceptors (Lipinski definition) is 7. The maximum atomic E-state index is 13.7. The topological polar surface area (TPSA) is 80.0 Å². The molecular formula is C26H24Cl2FN7OS. The second kappa shape index (κ2) is 11.3. The molecule has 12 heteroatoms. The van der Waals surface area contributed by atoms with Crippen LogP contribution in [0, 0.1) is 19.7 Å². The largest absolute Gasteiger partial charge is 0.368 e. The molecule has 4 aromatic rings. The molecule has 1 saturated heterocycles. The Morgan fingerprint density at radius 2 is 1.55 bits per heavy atom. The third-order valence-corrected chi connectivity index (χ3v) is 7.41. The number of piperazine rings is 1. The smallest absolute Gasteiger partial charge is 0.276 e. The van der Waals surface area contributed by atoms with Gasteiger partial charge < -0.3 is 9.80 Å². The number of carbonyl (C=O) groups excluding carboxylic acids is 1. The predicted molar refractivity (Wildman–Crippen MR) is 147 cm³/mol. The molecule has 0 spiro atoms. The van der Waals surface area contributed by atoms with Crippen LogP contribution in [0.2, 0.25) is 10.0 Å². The van der Waals surface area contributed by atoms with E-state index in [1.807, 2.05) is 19.9 Å². The first-order valence-electron chi connectivity index (χ1n) is 11.9. The van der Waals surface area contributed by atoms with Crippen LogP contribution in [0.5, 0.6) is 0 Å². The molecule has 0 radical (unpaired) electrons. The minimum atomic E-state index is -0.275. The molecule has 1 aliphatic heterocycles. The van der Waals surface area contributed by atoms with Crippen molar-refractivity contribution >= 4 is 46.6 Å². The standard InChI is InChI=1S/C26H24Cl2FN7OS/c1-16-11-17(2)31-26(30-16)38-15-23-24(32-33-36(23)22-13-18(27)12-19(28)14-22)25(37)35-9-7-34(8-10-35)21-5-3-20(29)4-6-21/h3-6,11-14H,7-10,15H2,1-2H3. The van der Waals surface area contributed by atoms with Gasteiger partial charge in [-0.05, 0) is 62.4 Å². The number of aryl methyl sites for hydroxylation is 2. The Hall–Kier alpha value is -3.21. The lowest BCUT2D eigenvalue weighted by Gasteiger charge is -2.35. The lowest BCUT2D eigenvalue weighted by molar-refractivity contribution is 0.0740. The molecule has 0 aliphatic carbocycles. The molecule has 3 heterocycles. The zero-order valence-corrected chi connectivity index (χ0v) is 23.1. The Morgan fingerprint density at radius 3 is 2.18 bits per heavy atom. The molecular weight excluding hydrogens is 548 g/mol. The molecule has 0 atom stereocenters. The van der Waals surface area contributed by atoms with E-state index in [9.17, 15) is 9.18 Å². The molecule has 0 unspecified atom stereocenters. The van der Waals surface area contributed by atoms with Crippen LogP contribution in [0.25, 0.3) is 5.69 Å². The lowest BCUT2D eigenvalue weighted by Crippen LogP contribution is -2.49. The lowest BCUT2D eigenvalue weighted by atomic mass is 10.2. The Balaban J connectivity index is 1.40. The first-order valence-corrected chi connectivity index (χ1v) is 13.7. The molecule has 0 saturated carbocycles. The predicted octanol–water partition coefficient (Wildman–Crippen LogP) is 5.37. The highest BCUT2D eigenvalue weighted by Gasteiger charge is 2.28. The minimum Gasteiger partial charge on any atom is -0.368 e. The molecule has 1 amide bonds. The van der Waals surface area contributed by atoms with Gasteiger partial charge in [0.1, 0.15) is 5.82 Å². The van der Waals surface area contributed by atoms with Crippen molar-refractivity contribution in [2.24, 2.45) is 0 Å². The Bertz CT molecular complexity index is 1430. The Morgan fingerprint density at radius 1 is 0.921 bits per heavy atom. The third-order valence-electron chi connectivity index (χ3n) is 6.12. The van der Waals surface area contributed by atoms with E-state index in [0.717, 1.165) is 17.1 Å². The van der Waals surface area contributed by atoms with Gasteiger partial charge in [0.25, 0.3) is 5.91 Å². The molecule has 38 heavy (non-hydrogen) atoms. The van der Waals surface area contributed by atoms with E-state index in [2.05, 4.69) is 25.2 Å². The van der Waals surface area contributed by atoms with Gasteiger partial charge in [-0.25, -0.2) is 19.0 Å². The van der Waals surface area contributed by atoms with Crippen molar-refractivity contribution in [1.82, 2.24) is 29.9 Å². The summed E-state index contributed by atoms with van der Waals surface area (Å²) >= 11 is 13.9. The fraction of sp³-hybridized carbons (Fsp3) is 0.269. The molecule has 8 nitrogen and oxygen atoms in total. The van der Waals surface area contributed by atoms with Crippen LogP contribution in [0.3, 0.4) is 0 Å². The van der Waals surface area contributed by atoms with E-state index in [4.69, 9.17) is 23.2 Å². The highest BCUT2D eigenvalue weighted by Crippen LogP contribution is 2.28. The highest BCUT2D eigenvalue weighted by molar-refractivity contribution is 7.98. The van der Waals surface area contributed by atoms with Crippen molar-refractivity contribution in [2.75, 3.05) is 31.1 Å². The number of hydrogen-bond donors (Lipinski definition) is 0. The van der Waals surface area contributed by atoms with Crippen molar-refractivity contribution in [3.05, 3.63) is 87.2 Å². The summed E-state index contributed by atoms with van der Waals surface area (Å²) in [7, 11) is 0. The zero-order valence-electron chi connectivity index (χ0n) is 20.7. The summed E-state index contributed by atoms with van der Waals surface area (Å²) < 4.78 is 14.9. The average Bonchev–Trinajstić information content (AvgIpc) is 3.30. The van der Waals surface area contributed by atoms with Gasteiger partial charge >= 0.3 is 0 Å². The summed E-state index contributed by atoms with van der Waals surface area (Å²) in [5.41, 5.74) is 4.11. The van der Waals surface area contributed by atoms with Crippen LogP contribution in [-0.2, 0) is 5.75 Å². The fourth-order valence-electron chi connectivity index (χ4n) is 4.33. The Kier molecular flexibility index (Phi) is 7.83. The maximum absolute atomic E-state index is 13.7. The fourth-order valence-corrected chi connectivity index (χ4v) is 5.78. The number of nitrogens with zero attached hydrogens (tertiary/aromatic N) is 7. The van der Waals surface area contributed by atoms with E-state index in [0.29, 0.717) is 58.5 Å². The summed E-state index contributed by atoms with van der Waals surface area (Å²) in [6.07, 6.45) is 0. The molecule has 2 aromatic heterocycles. The number of halogens is 3. The number of anilines is 1. The van der Waals surface area contributed by atoms with E-state index in [1.165, 1.54) is 23.9 Å². The first-order chi connectivity index (χ1) is 18.3. The van der Waals surface area contributed by atoms with E-state index in [1.54, 1.807) is 39.9 Å². The molecule has 1 aliphatic rings. The number of carbonyl (C=O) groups is 1. The Labute approximate surface area is 233 Å². The SMILES string of the molecule is Cc1cc(C)nc(SCc2c(C(=O)N3CCN(c4ccc(F)cc4)CC3)nnn2-c2cc(Cl)cc(Cl)c2)n1. The quantitative estimate of drug-likeness (QED) is 0.227. The third kappa shape index (κ3) is 5.92. The average molecular weight is 572 g/mol. The van der Waals surface area contributed by atoms with Gasteiger partial charge in [-0.15, -0.1) is 5.10 Å². The minimum absolute atomic E-state index is 0.208. The van der Waals surface area contributed by atoms with Gasteiger partial charge in [-0.1, -0.05) is 40.2 Å². The van der Waals surface area contributed by atoms with Gasteiger partial charge in [0.05, 0.1) is 11.4 Å². The molecule has 0 bridgehead atoms. The van der Waals surface area contributed by atoms with Crippen LogP contribution in [-0.4, -0.2) is 61.9 Å². The van der Waals surface area contributed by atoms with Crippen molar-refractivity contribution in [1.29, 1.82) is 0 Å². The molecule has 5 rings (SSSR count). The van der Waals surface area contributed by atoms with Gasteiger partial charge in [0, 0.05) is 59.1 Å². The van der Waals surface area contributed by atoms with Crippen molar-refractivity contribution in [3.63, 3.8) is 0 Å². The van der Waals surface area contributed by atoms with Gasteiger partial charge in [0.15, 0.2) is 10.9 Å². The summed E-state index contributed by atoms with van der Waals surface area (Å²) in [4.78, 5) is 26.6. The van der Waals surface area contributed by atoms with Crippen LogP contribution >= 0.6 is 35.0 Å². The zero-order chi connectivity index (χ0) is 26.8. The van der Waals surface area contributed by atoms with Crippen LogP contribution in [0.15, 0.2) is 53.7 Å². The monoisotopic (exact) mass is 571 g/mol. The summed E-state index contributed by atoms with van der Waals surface area (Å²) in [6, 6.07) is 13.4. The van der Waals surface area contributed by atoms with Crippen molar-refractivity contribution in [2.45, 2.75) is 24.8 Å². The number of benzene rings is 2. The number of rotatable bonds is 6. The van der Waals surface area contributed by atoms with Crippen LogP contribution < -0.4 is 4.90 Å².